The Bertz CT molecular complexity index is 1430. The molecule has 154 valence electrons. The van der Waals surface area contributed by atoms with E-state index in [1.807, 2.05) is 43.3 Å². The van der Waals surface area contributed by atoms with Crippen molar-refractivity contribution in [1.82, 2.24) is 24.5 Å². The van der Waals surface area contributed by atoms with Crippen LogP contribution in [0.1, 0.15) is 12.5 Å². The zero-order valence-corrected chi connectivity index (χ0v) is 18.0. The maximum atomic E-state index is 9.90. The summed E-state index contributed by atoms with van der Waals surface area (Å²) in [4.78, 5) is 4.69. The first kappa shape index (κ1) is 19.4. The van der Waals surface area contributed by atoms with Crippen LogP contribution in [0.2, 0.25) is 0 Å². The molecule has 2 heterocycles. The Labute approximate surface area is 183 Å². The quantitative estimate of drug-likeness (QED) is 0.291. The largest absolute Gasteiger partial charge is 0.512 e. The third-order valence-electron chi connectivity index (χ3n) is 5.39. The second-order valence-electron chi connectivity index (χ2n) is 7.42. The zero-order chi connectivity index (χ0) is 21.5. The minimum atomic E-state index is -0.210. The van der Waals surface area contributed by atoms with Crippen molar-refractivity contribution in [2.45, 2.75) is 24.3 Å². The molecule has 0 fully saturated rings. The van der Waals surface area contributed by atoms with Gasteiger partial charge in [-0.3, -0.25) is 4.57 Å². The van der Waals surface area contributed by atoms with Crippen LogP contribution in [0, 0.1) is 6.92 Å². The van der Waals surface area contributed by atoms with Crippen molar-refractivity contribution in [1.29, 1.82) is 0 Å². The van der Waals surface area contributed by atoms with Crippen molar-refractivity contribution in [3.05, 3.63) is 84.8 Å². The second-order valence-corrected chi connectivity index (χ2v) is 8.73. The van der Waals surface area contributed by atoms with E-state index in [-0.39, 0.29) is 11.0 Å². The van der Waals surface area contributed by atoms with Crippen molar-refractivity contribution in [3.8, 4) is 11.5 Å². The average Bonchev–Trinajstić information content (AvgIpc) is 3.38. The van der Waals surface area contributed by atoms with Crippen LogP contribution in [0.4, 0.5) is 0 Å². The monoisotopic (exact) mass is 427 g/mol. The van der Waals surface area contributed by atoms with Crippen LogP contribution < -0.4 is 0 Å². The number of aliphatic hydroxyl groups is 1. The van der Waals surface area contributed by atoms with Gasteiger partial charge in [-0.05, 0) is 43.0 Å². The number of nitrogens with zero attached hydrogens (tertiary/aromatic N) is 5. The Balaban J connectivity index is 1.80. The van der Waals surface area contributed by atoms with E-state index < -0.39 is 0 Å². The number of hydrogen-bond donors (Lipinski definition) is 1. The molecule has 1 unspecified atom stereocenters. The van der Waals surface area contributed by atoms with Crippen molar-refractivity contribution in [2.24, 2.45) is 0 Å². The summed E-state index contributed by atoms with van der Waals surface area (Å²) >= 11 is 1.45. The maximum Gasteiger partial charge on any atom is 0.175 e. The third kappa shape index (κ3) is 3.27. The Morgan fingerprint density at radius 1 is 1.03 bits per heavy atom. The van der Waals surface area contributed by atoms with Gasteiger partial charge in [-0.2, -0.15) is 4.68 Å². The van der Waals surface area contributed by atoms with Gasteiger partial charge in [0.1, 0.15) is 5.52 Å². The van der Waals surface area contributed by atoms with Crippen LogP contribution in [-0.2, 0) is 0 Å². The fraction of sp³-hybridized carbons (Fsp3) is 0.125. The molecule has 1 atom stereocenters. The van der Waals surface area contributed by atoms with Crippen LogP contribution >= 0.6 is 11.8 Å². The standard InChI is InChI=1S/C24H21N5OS/c1-15-12-13-21(19-9-5-4-8-18(15)19)28-23(14-25-24(28)31-17(3)16(2)30)29-22-11-7-6-10-20(22)26-27-29/h4-14,17,30H,2H2,1,3H3. The summed E-state index contributed by atoms with van der Waals surface area (Å²) in [5.41, 5.74) is 3.91. The molecule has 1 N–H and O–H groups in total. The van der Waals surface area contributed by atoms with Crippen LogP contribution in [0.25, 0.3) is 33.3 Å². The van der Waals surface area contributed by atoms with Crippen LogP contribution in [-0.4, -0.2) is 34.9 Å². The van der Waals surface area contributed by atoms with Gasteiger partial charge in [0.05, 0.1) is 28.4 Å². The SMILES string of the molecule is C=C(O)C(C)Sc1ncc(-n2nnc3ccccc32)n1-c1ccc(C)c2ccccc12. The lowest BCUT2D eigenvalue weighted by Crippen LogP contribution is -2.09. The molecule has 31 heavy (non-hydrogen) atoms. The predicted octanol–water partition coefficient (Wildman–Crippen LogP) is 5.62. The lowest BCUT2D eigenvalue weighted by Gasteiger charge is -2.17. The lowest BCUT2D eigenvalue weighted by atomic mass is 10.0. The Morgan fingerprint density at radius 3 is 2.58 bits per heavy atom. The highest BCUT2D eigenvalue weighted by Crippen LogP contribution is 2.34. The zero-order valence-electron chi connectivity index (χ0n) is 17.2. The van der Waals surface area contributed by atoms with Gasteiger partial charge in [-0.15, -0.1) is 5.10 Å². The highest BCUT2D eigenvalue weighted by molar-refractivity contribution is 7.99. The number of para-hydroxylation sites is 1. The van der Waals surface area contributed by atoms with E-state index in [4.69, 9.17) is 4.98 Å². The molecule has 5 aromatic rings. The second kappa shape index (κ2) is 7.59. The normalized spacial score (nSPS) is 12.5. The van der Waals surface area contributed by atoms with Gasteiger partial charge in [0.15, 0.2) is 11.0 Å². The van der Waals surface area contributed by atoms with E-state index in [1.165, 1.54) is 22.7 Å². The number of aryl methyl sites for hydroxylation is 1. The average molecular weight is 428 g/mol. The molecule has 6 nitrogen and oxygen atoms in total. The molecule has 5 rings (SSSR count). The molecule has 0 bridgehead atoms. The van der Waals surface area contributed by atoms with Gasteiger partial charge in [0.2, 0.25) is 0 Å². The highest BCUT2D eigenvalue weighted by Gasteiger charge is 2.21. The Morgan fingerprint density at radius 2 is 1.77 bits per heavy atom. The van der Waals surface area contributed by atoms with E-state index >= 15 is 0 Å². The number of aliphatic hydroxyl groups excluding tert-OH is 1. The molecule has 0 saturated carbocycles. The van der Waals surface area contributed by atoms with Gasteiger partial charge >= 0.3 is 0 Å². The molecule has 0 aliphatic carbocycles. The molecule has 0 aliphatic heterocycles. The number of aromatic nitrogens is 5. The molecule has 2 aromatic heterocycles. The summed E-state index contributed by atoms with van der Waals surface area (Å²) in [5.74, 6) is 0.891. The first-order valence-electron chi connectivity index (χ1n) is 9.96. The van der Waals surface area contributed by atoms with Crippen molar-refractivity contribution < 1.29 is 5.11 Å². The summed E-state index contributed by atoms with van der Waals surface area (Å²) in [6.07, 6.45) is 1.80. The van der Waals surface area contributed by atoms with Crippen LogP contribution in [0.15, 0.2) is 84.4 Å². The van der Waals surface area contributed by atoms with E-state index in [1.54, 1.807) is 10.9 Å². The molecule has 0 saturated heterocycles. The first-order chi connectivity index (χ1) is 15.0. The van der Waals surface area contributed by atoms with Crippen molar-refractivity contribution in [3.63, 3.8) is 0 Å². The fourth-order valence-corrected chi connectivity index (χ4v) is 4.54. The van der Waals surface area contributed by atoms with E-state index in [0.29, 0.717) is 0 Å². The Hall–Kier alpha value is -3.58. The molecular weight excluding hydrogens is 406 g/mol. The summed E-state index contributed by atoms with van der Waals surface area (Å²) in [5, 5.41) is 21.5. The van der Waals surface area contributed by atoms with Crippen molar-refractivity contribution in [2.75, 3.05) is 0 Å². The first-order valence-corrected chi connectivity index (χ1v) is 10.8. The fourth-order valence-electron chi connectivity index (χ4n) is 3.68. The van der Waals surface area contributed by atoms with E-state index in [9.17, 15) is 5.11 Å². The lowest BCUT2D eigenvalue weighted by molar-refractivity contribution is 0.401. The van der Waals surface area contributed by atoms with Crippen LogP contribution in [0.5, 0.6) is 0 Å². The third-order valence-corrected chi connectivity index (χ3v) is 6.52. The molecule has 0 amide bonds. The summed E-state index contributed by atoms with van der Waals surface area (Å²) in [6, 6.07) is 20.4. The van der Waals surface area contributed by atoms with Gasteiger partial charge in [-0.1, -0.05) is 66.0 Å². The highest BCUT2D eigenvalue weighted by atomic mass is 32.2. The van der Waals surface area contributed by atoms with Gasteiger partial charge in [-0.25, -0.2) is 4.98 Å². The summed E-state index contributed by atoms with van der Waals surface area (Å²) in [7, 11) is 0. The number of benzene rings is 3. The summed E-state index contributed by atoms with van der Waals surface area (Å²) < 4.78 is 3.88. The predicted molar refractivity (Wildman–Crippen MR) is 125 cm³/mol. The molecule has 0 radical (unpaired) electrons. The van der Waals surface area contributed by atoms with Gasteiger partial charge in [0.25, 0.3) is 0 Å². The number of fused-ring (bicyclic) bond motifs is 2. The van der Waals surface area contributed by atoms with Crippen molar-refractivity contribution >= 4 is 33.6 Å². The minimum Gasteiger partial charge on any atom is -0.512 e. The maximum absolute atomic E-state index is 9.90. The number of rotatable bonds is 5. The molecule has 3 aromatic carbocycles. The number of imidazole rings is 1. The smallest absolute Gasteiger partial charge is 0.175 e. The van der Waals surface area contributed by atoms with Gasteiger partial charge in [0, 0.05) is 5.39 Å². The molecule has 7 heteroatoms. The molecule has 0 aliphatic rings. The Kier molecular flexibility index (Phi) is 4.75. The topological polar surface area (TPSA) is 68.8 Å². The minimum absolute atomic E-state index is 0.112. The number of hydrogen-bond acceptors (Lipinski definition) is 5. The van der Waals surface area contributed by atoms with Gasteiger partial charge < -0.3 is 5.11 Å². The van der Waals surface area contributed by atoms with E-state index in [2.05, 4.69) is 52.6 Å². The van der Waals surface area contributed by atoms with Crippen LogP contribution in [0.3, 0.4) is 0 Å². The molecule has 0 spiro atoms. The summed E-state index contributed by atoms with van der Waals surface area (Å²) in [6.45, 7) is 7.70. The molecular formula is C24H21N5OS. The number of thioether (sulfide) groups is 1. The van der Waals surface area contributed by atoms with E-state index in [0.717, 1.165) is 33.1 Å².